The molecule has 0 heterocycles. The predicted octanol–water partition coefficient (Wildman–Crippen LogP) is 0.947. The molecule has 1 N–H and O–H groups in total. The summed E-state index contributed by atoms with van der Waals surface area (Å²) < 4.78 is 47.8. The Morgan fingerprint density at radius 2 is 0.929 bits per heavy atom. The molecule has 0 aromatic heterocycles. The summed E-state index contributed by atoms with van der Waals surface area (Å²) in [5, 5.41) is 8.43. The maximum absolute atomic E-state index is 11.8. The minimum atomic E-state index is -1.57. The lowest BCUT2D eigenvalue weighted by molar-refractivity contribution is -0.151. The molecule has 0 aromatic rings. The number of hydrogen-bond donors (Lipinski definition) is 1. The number of hydrogen-bond acceptors (Lipinski definition) is 13. The third-order valence-corrected chi connectivity index (χ3v) is 4.79. The number of amides is 1. The fourth-order valence-electron chi connectivity index (χ4n) is 2.66. The Hall–Kier alpha value is -2.40. The van der Waals surface area contributed by atoms with Crippen molar-refractivity contribution in [3.63, 3.8) is 0 Å². The number of carbonyl (C=O) groups is 4. The highest BCUT2D eigenvalue weighted by Crippen LogP contribution is 2.08. The number of carbonyl (C=O) groups excluding carboxylic acids is 3. The van der Waals surface area contributed by atoms with Crippen molar-refractivity contribution in [1.29, 1.82) is 0 Å². The van der Waals surface area contributed by atoms with E-state index in [4.69, 9.17) is 47.7 Å². The number of ether oxygens (including phenoxy) is 9. The lowest BCUT2D eigenvalue weighted by Gasteiger charge is -2.24. The Morgan fingerprint density at radius 1 is 0.571 bits per heavy atom. The molecule has 0 aliphatic carbocycles. The van der Waals surface area contributed by atoms with Crippen molar-refractivity contribution in [3.8, 4) is 0 Å². The van der Waals surface area contributed by atoms with E-state index in [0.717, 1.165) is 0 Å². The van der Waals surface area contributed by atoms with Crippen molar-refractivity contribution in [1.82, 2.24) is 4.90 Å². The third-order valence-electron chi connectivity index (χ3n) is 4.79. The quantitative estimate of drug-likeness (QED) is 0.0752. The highest BCUT2D eigenvalue weighted by atomic mass is 16.6. The van der Waals surface area contributed by atoms with Crippen LogP contribution in [0.25, 0.3) is 0 Å². The number of rotatable bonds is 28. The maximum Gasteiger partial charge on any atom is 0.410 e. The van der Waals surface area contributed by atoms with E-state index in [1.165, 1.54) is 4.90 Å². The van der Waals surface area contributed by atoms with Gasteiger partial charge in [0.15, 0.2) is 0 Å². The molecule has 42 heavy (non-hydrogen) atoms. The molecule has 0 saturated carbocycles. The first kappa shape index (κ1) is 39.6. The third kappa shape index (κ3) is 27.8. The highest BCUT2D eigenvalue weighted by Gasteiger charge is 2.19. The number of likely N-dealkylation sites (N-methyl/N-ethyl adjacent to an activating group) is 1. The molecule has 0 fully saturated rings. The molecule has 0 aliphatic heterocycles. The number of carboxylic acid groups (broad SMARTS) is 1. The van der Waals surface area contributed by atoms with Gasteiger partial charge in [-0.25, -0.2) is 9.59 Å². The van der Waals surface area contributed by atoms with E-state index in [9.17, 15) is 19.2 Å². The van der Waals surface area contributed by atoms with Crippen LogP contribution in [-0.2, 0) is 57.0 Å². The SMILES string of the molecule is CN(CCOCCOCCOCCOCCOCCOCCOCCOC(=O)CCC(=O)C(=O)O)C(=O)OC(C)(C)C. The van der Waals surface area contributed by atoms with Gasteiger partial charge in [0.25, 0.3) is 0 Å². The molecular formula is C27H49NO14. The normalized spacial score (nSPS) is 11.3. The zero-order valence-electron chi connectivity index (χ0n) is 25.4. The molecule has 15 nitrogen and oxygen atoms in total. The Bertz CT molecular complexity index is 728. The Kier molecular flexibility index (Phi) is 24.7. The number of esters is 1. The zero-order valence-corrected chi connectivity index (χ0v) is 25.4. The average molecular weight is 612 g/mol. The molecule has 0 bridgehead atoms. The average Bonchev–Trinajstić information content (AvgIpc) is 2.92. The van der Waals surface area contributed by atoms with Crippen molar-refractivity contribution in [2.24, 2.45) is 0 Å². The van der Waals surface area contributed by atoms with Crippen LogP contribution >= 0.6 is 0 Å². The van der Waals surface area contributed by atoms with E-state index in [0.29, 0.717) is 92.4 Å². The van der Waals surface area contributed by atoms with Gasteiger partial charge in [-0.3, -0.25) is 9.59 Å². The van der Waals surface area contributed by atoms with Crippen molar-refractivity contribution in [3.05, 3.63) is 0 Å². The van der Waals surface area contributed by atoms with Gasteiger partial charge < -0.3 is 52.6 Å². The molecule has 0 unspecified atom stereocenters. The minimum Gasteiger partial charge on any atom is -0.476 e. The monoisotopic (exact) mass is 611 g/mol. The van der Waals surface area contributed by atoms with Gasteiger partial charge in [-0.2, -0.15) is 0 Å². The van der Waals surface area contributed by atoms with Crippen LogP contribution in [0.15, 0.2) is 0 Å². The smallest absolute Gasteiger partial charge is 0.410 e. The van der Waals surface area contributed by atoms with Gasteiger partial charge in [-0.05, 0) is 20.8 Å². The van der Waals surface area contributed by atoms with Crippen LogP contribution in [0.4, 0.5) is 4.79 Å². The van der Waals surface area contributed by atoms with Crippen LogP contribution in [0.2, 0.25) is 0 Å². The Balaban J connectivity index is 3.25. The van der Waals surface area contributed by atoms with Crippen LogP contribution < -0.4 is 0 Å². The van der Waals surface area contributed by atoms with Gasteiger partial charge in [-0.15, -0.1) is 0 Å². The van der Waals surface area contributed by atoms with Crippen LogP contribution in [-0.4, -0.2) is 152 Å². The molecule has 0 atom stereocenters. The van der Waals surface area contributed by atoms with Gasteiger partial charge in [0.2, 0.25) is 5.78 Å². The summed E-state index contributed by atoms with van der Waals surface area (Å²) in [6.45, 7) is 11.5. The first-order valence-electron chi connectivity index (χ1n) is 13.9. The van der Waals surface area contributed by atoms with E-state index in [1.807, 2.05) is 20.8 Å². The summed E-state index contributed by atoms with van der Waals surface area (Å²) in [7, 11) is 1.66. The Morgan fingerprint density at radius 3 is 1.29 bits per heavy atom. The number of nitrogens with zero attached hydrogens (tertiary/aromatic N) is 1. The van der Waals surface area contributed by atoms with Gasteiger partial charge in [0.05, 0.1) is 98.9 Å². The van der Waals surface area contributed by atoms with Crippen LogP contribution in [0.1, 0.15) is 33.6 Å². The van der Waals surface area contributed by atoms with Gasteiger partial charge in [0.1, 0.15) is 12.2 Å². The molecular weight excluding hydrogens is 562 g/mol. The van der Waals surface area contributed by atoms with E-state index in [2.05, 4.69) is 0 Å². The molecule has 0 saturated heterocycles. The second-order valence-corrected chi connectivity index (χ2v) is 9.64. The Labute approximate surface area is 247 Å². The lowest BCUT2D eigenvalue weighted by Crippen LogP contribution is -2.36. The van der Waals surface area contributed by atoms with Crippen molar-refractivity contribution < 1.29 is 66.9 Å². The molecule has 0 radical (unpaired) electrons. The van der Waals surface area contributed by atoms with Crippen LogP contribution in [0, 0.1) is 0 Å². The van der Waals surface area contributed by atoms with E-state index < -0.39 is 23.3 Å². The standard InChI is InChI=1S/C27H49NO14/c1-27(2,3)42-26(33)28(4)7-8-34-9-10-35-11-12-36-13-14-37-15-16-38-17-18-39-19-20-40-21-22-41-24(30)6-5-23(29)25(31)32/h5-22H2,1-4H3,(H,31,32). The number of Topliss-reactive ketones (excluding diaryl/α,β-unsaturated/α-hetero) is 1. The molecule has 246 valence electrons. The summed E-state index contributed by atoms with van der Waals surface area (Å²) in [4.78, 5) is 45.9. The summed E-state index contributed by atoms with van der Waals surface area (Å²) in [6, 6.07) is 0. The molecule has 0 aliphatic rings. The fraction of sp³-hybridized carbons (Fsp3) is 0.852. The highest BCUT2D eigenvalue weighted by molar-refractivity contribution is 6.32. The summed E-state index contributed by atoms with van der Waals surface area (Å²) in [5.41, 5.74) is -0.523. The molecule has 0 rings (SSSR count). The second kappa shape index (κ2) is 26.2. The van der Waals surface area contributed by atoms with Crippen molar-refractivity contribution in [2.75, 3.05) is 113 Å². The predicted molar refractivity (Wildman–Crippen MR) is 147 cm³/mol. The molecule has 15 heteroatoms. The summed E-state index contributed by atoms with van der Waals surface area (Å²) in [5.74, 6) is -3.25. The van der Waals surface area contributed by atoms with Crippen molar-refractivity contribution >= 4 is 23.8 Å². The van der Waals surface area contributed by atoms with Gasteiger partial charge in [-0.1, -0.05) is 0 Å². The molecule has 0 spiro atoms. The minimum absolute atomic E-state index is 0.0107. The molecule has 1 amide bonds. The first-order chi connectivity index (χ1) is 20.0. The van der Waals surface area contributed by atoms with E-state index in [1.54, 1.807) is 7.05 Å². The number of aliphatic carboxylic acids is 1. The number of carboxylic acids is 1. The first-order valence-corrected chi connectivity index (χ1v) is 13.9. The summed E-state index contributed by atoms with van der Waals surface area (Å²) >= 11 is 0. The van der Waals surface area contributed by atoms with Crippen molar-refractivity contribution in [2.45, 2.75) is 39.2 Å². The number of ketones is 1. The summed E-state index contributed by atoms with van der Waals surface area (Å²) in [6.07, 6.45) is -1.04. The maximum atomic E-state index is 11.8. The van der Waals surface area contributed by atoms with E-state index in [-0.39, 0.29) is 32.1 Å². The van der Waals surface area contributed by atoms with Gasteiger partial charge in [0, 0.05) is 20.0 Å². The molecule has 0 aromatic carbocycles. The van der Waals surface area contributed by atoms with Crippen LogP contribution in [0.5, 0.6) is 0 Å². The van der Waals surface area contributed by atoms with Crippen LogP contribution in [0.3, 0.4) is 0 Å². The fourth-order valence-corrected chi connectivity index (χ4v) is 2.66. The second-order valence-electron chi connectivity index (χ2n) is 9.64. The topological polar surface area (TPSA) is 175 Å². The lowest BCUT2D eigenvalue weighted by atomic mass is 10.2. The zero-order chi connectivity index (χ0) is 31.5. The largest absolute Gasteiger partial charge is 0.476 e. The van der Waals surface area contributed by atoms with E-state index >= 15 is 0 Å². The van der Waals surface area contributed by atoms with Gasteiger partial charge >= 0.3 is 18.0 Å².